The SMILES string of the molecule is COc1cccc(OC2CCCC(OC)C2)c1[C@H](C)N. The van der Waals surface area contributed by atoms with Gasteiger partial charge >= 0.3 is 0 Å². The van der Waals surface area contributed by atoms with Crippen LogP contribution in [0.2, 0.25) is 0 Å². The predicted molar refractivity (Wildman–Crippen MR) is 79.3 cm³/mol. The number of hydrogen-bond acceptors (Lipinski definition) is 4. The first-order valence-corrected chi connectivity index (χ1v) is 7.27. The molecule has 1 aromatic rings. The predicted octanol–water partition coefficient (Wildman–Crippen LogP) is 3.05. The van der Waals surface area contributed by atoms with Crippen LogP contribution in [-0.4, -0.2) is 26.4 Å². The van der Waals surface area contributed by atoms with Crippen LogP contribution < -0.4 is 15.2 Å². The average Bonchev–Trinajstić information content (AvgIpc) is 2.46. The molecule has 2 rings (SSSR count). The number of rotatable bonds is 5. The van der Waals surface area contributed by atoms with Crippen LogP contribution in [0.1, 0.15) is 44.2 Å². The summed E-state index contributed by atoms with van der Waals surface area (Å²) in [4.78, 5) is 0. The minimum Gasteiger partial charge on any atom is -0.496 e. The summed E-state index contributed by atoms with van der Waals surface area (Å²) < 4.78 is 17.0. The number of benzene rings is 1. The molecule has 4 heteroatoms. The van der Waals surface area contributed by atoms with E-state index in [1.165, 1.54) is 0 Å². The van der Waals surface area contributed by atoms with Crippen molar-refractivity contribution in [1.82, 2.24) is 0 Å². The molecule has 4 nitrogen and oxygen atoms in total. The molecule has 2 N–H and O–H groups in total. The fourth-order valence-corrected chi connectivity index (χ4v) is 2.86. The van der Waals surface area contributed by atoms with Gasteiger partial charge in [0.15, 0.2) is 0 Å². The first kappa shape index (κ1) is 15.1. The molecule has 0 amide bonds. The van der Waals surface area contributed by atoms with Crippen molar-refractivity contribution in [1.29, 1.82) is 0 Å². The highest BCUT2D eigenvalue weighted by Crippen LogP contribution is 2.35. The van der Waals surface area contributed by atoms with Gasteiger partial charge in [-0.2, -0.15) is 0 Å². The molecule has 1 aliphatic rings. The van der Waals surface area contributed by atoms with Gasteiger partial charge < -0.3 is 19.9 Å². The Morgan fingerprint density at radius 1 is 1.15 bits per heavy atom. The first-order chi connectivity index (χ1) is 9.65. The van der Waals surface area contributed by atoms with Crippen molar-refractivity contribution in [3.63, 3.8) is 0 Å². The Morgan fingerprint density at radius 3 is 2.50 bits per heavy atom. The molecule has 0 saturated heterocycles. The zero-order valence-corrected chi connectivity index (χ0v) is 12.6. The Kier molecular flexibility index (Phi) is 5.26. The van der Waals surface area contributed by atoms with Crippen molar-refractivity contribution in [3.8, 4) is 11.5 Å². The minimum atomic E-state index is -0.122. The molecule has 1 aliphatic carbocycles. The third-order valence-corrected chi connectivity index (χ3v) is 3.91. The van der Waals surface area contributed by atoms with Crippen LogP contribution >= 0.6 is 0 Å². The molecule has 0 spiro atoms. The summed E-state index contributed by atoms with van der Waals surface area (Å²) in [6, 6.07) is 5.71. The van der Waals surface area contributed by atoms with E-state index in [0.717, 1.165) is 42.7 Å². The first-order valence-electron chi connectivity index (χ1n) is 7.27. The smallest absolute Gasteiger partial charge is 0.128 e. The summed E-state index contributed by atoms with van der Waals surface area (Å²) in [5.41, 5.74) is 7.00. The van der Waals surface area contributed by atoms with Gasteiger partial charge in [-0.3, -0.25) is 0 Å². The van der Waals surface area contributed by atoms with Crippen LogP contribution in [0.4, 0.5) is 0 Å². The highest BCUT2D eigenvalue weighted by Gasteiger charge is 2.25. The fourth-order valence-electron chi connectivity index (χ4n) is 2.86. The molecule has 0 aromatic heterocycles. The van der Waals surface area contributed by atoms with Crippen molar-refractivity contribution in [2.24, 2.45) is 5.73 Å². The van der Waals surface area contributed by atoms with Gasteiger partial charge in [0.25, 0.3) is 0 Å². The molecule has 0 bridgehead atoms. The summed E-state index contributed by atoms with van der Waals surface area (Å²) in [5, 5.41) is 0. The zero-order valence-electron chi connectivity index (χ0n) is 12.6. The lowest BCUT2D eigenvalue weighted by atomic mass is 9.94. The van der Waals surface area contributed by atoms with E-state index >= 15 is 0 Å². The molecule has 1 fully saturated rings. The van der Waals surface area contributed by atoms with Crippen LogP contribution in [0.5, 0.6) is 11.5 Å². The number of hydrogen-bond donors (Lipinski definition) is 1. The molecule has 1 saturated carbocycles. The second-order valence-corrected chi connectivity index (χ2v) is 5.42. The third-order valence-electron chi connectivity index (χ3n) is 3.91. The van der Waals surface area contributed by atoms with Gasteiger partial charge in [-0.05, 0) is 38.3 Å². The van der Waals surface area contributed by atoms with E-state index < -0.39 is 0 Å². The highest BCUT2D eigenvalue weighted by molar-refractivity contribution is 5.46. The Labute approximate surface area is 121 Å². The Balaban J connectivity index is 2.16. The Bertz CT molecular complexity index is 434. The quantitative estimate of drug-likeness (QED) is 0.900. The molecule has 0 radical (unpaired) electrons. The lowest BCUT2D eigenvalue weighted by molar-refractivity contribution is 0.0205. The topological polar surface area (TPSA) is 53.7 Å². The van der Waals surface area contributed by atoms with Gasteiger partial charge in [0.2, 0.25) is 0 Å². The van der Waals surface area contributed by atoms with Crippen molar-refractivity contribution >= 4 is 0 Å². The molecule has 1 aromatic carbocycles. The minimum absolute atomic E-state index is 0.122. The molecule has 0 aliphatic heterocycles. The molecular weight excluding hydrogens is 254 g/mol. The second-order valence-electron chi connectivity index (χ2n) is 5.42. The van der Waals surface area contributed by atoms with E-state index in [9.17, 15) is 0 Å². The lowest BCUT2D eigenvalue weighted by Crippen LogP contribution is -2.30. The lowest BCUT2D eigenvalue weighted by Gasteiger charge is -2.30. The summed E-state index contributed by atoms with van der Waals surface area (Å²) in [6.45, 7) is 1.95. The van der Waals surface area contributed by atoms with Crippen LogP contribution in [0, 0.1) is 0 Å². The third kappa shape index (κ3) is 3.44. The number of ether oxygens (including phenoxy) is 3. The molecule has 20 heavy (non-hydrogen) atoms. The average molecular weight is 279 g/mol. The van der Waals surface area contributed by atoms with E-state index in [1.807, 2.05) is 25.1 Å². The van der Waals surface area contributed by atoms with Crippen molar-refractivity contribution in [2.45, 2.75) is 50.9 Å². The monoisotopic (exact) mass is 279 g/mol. The zero-order chi connectivity index (χ0) is 14.5. The molecular formula is C16H25NO3. The van der Waals surface area contributed by atoms with Crippen molar-refractivity contribution in [2.75, 3.05) is 14.2 Å². The Morgan fingerprint density at radius 2 is 1.85 bits per heavy atom. The van der Waals surface area contributed by atoms with Gasteiger partial charge in [0.1, 0.15) is 17.6 Å². The maximum atomic E-state index is 6.18. The van der Waals surface area contributed by atoms with E-state index in [2.05, 4.69) is 0 Å². The van der Waals surface area contributed by atoms with E-state index in [4.69, 9.17) is 19.9 Å². The van der Waals surface area contributed by atoms with E-state index in [0.29, 0.717) is 6.10 Å². The summed E-state index contributed by atoms with van der Waals surface area (Å²) in [5.74, 6) is 1.62. The largest absolute Gasteiger partial charge is 0.496 e. The molecule has 0 heterocycles. The number of methoxy groups -OCH3 is 2. The maximum absolute atomic E-state index is 6.18. The number of nitrogens with two attached hydrogens (primary N) is 1. The Hall–Kier alpha value is -1.26. The van der Waals surface area contributed by atoms with Crippen LogP contribution in [0.3, 0.4) is 0 Å². The summed E-state index contributed by atoms with van der Waals surface area (Å²) in [7, 11) is 3.43. The van der Waals surface area contributed by atoms with Crippen LogP contribution in [0.25, 0.3) is 0 Å². The van der Waals surface area contributed by atoms with E-state index in [1.54, 1.807) is 14.2 Å². The molecule has 112 valence electrons. The molecule has 2 unspecified atom stereocenters. The van der Waals surface area contributed by atoms with Gasteiger partial charge in [-0.1, -0.05) is 6.07 Å². The van der Waals surface area contributed by atoms with Crippen LogP contribution in [0.15, 0.2) is 18.2 Å². The summed E-state index contributed by atoms with van der Waals surface area (Å²) >= 11 is 0. The van der Waals surface area contributed by atoms with E-state index in [-0.39, 0.29) is 12.1 Å². The van der Waals surface area contributed by atoms with Gasteiger partial charge in [-0.25, -0.2) is 0 Å². The standard InChI is InChI=1S/C16H25NO3/c1-11(17)16-14(19-3)8-5-9-15(16)20-13-7-4-6-12(10-13)18-2/h5,8-9,11-13H,4,6-7,10,17H2,1-3H3/t11-,12?,13?/m0/s1. The molecule has 3 atom stereocenters. The van der Waals surface area contributed by atoms with Gasteiger partial charge in [-0.15, -0.1) is 0 Å². The fraction of sp³-hybridized carbons (Fsp3) is 0.625. The van der Waals surface area contributed by atoms with Crippen molar-refractivity contribution in [3.05, 3.63) is 23.8 Å². The van der Waals surface area contributed by atoms with Crippen molar-refractivity contribution < 1.29 is 14.2 Å². The maximum Gasteiger partial charge on any atom is 0.128 e. The van der Waals surface area contributed by atoms with Gasteiger partial charge in [0, 0.05) is 19.6 Å². The van der Waals surface area contributed by atoms with Crippen LogP contribution in [-0.2, 0) is 4.74 Å². The highest BCUT2D eigenvalue weighted by atomic mass is 16.5. The summed E-state index contributed by atoms with van der Waals surface area (Å²) in [6.07, 6.45) is 4.76. The van der Waals surface area contributed by atoms with Gasteiger partial charge in [0.05, 0.1) is 18.8 Å². The normalized spacial score (nSPS) is 24.2. The second kappa shape index (κ2) is 6.95.